The molecular formula is C9H17N3O5. The van der Waals surface area contributed by atoms with E-state index in [1.807, 2.05) is 0 Å². The largest absolute Gasteiger partial charge is 0.480 e. The van der Waals surface area contributed by atoms with Crippen LogP contribution in [0.3, 0.4) is 0 Å². The quantitative estimate of drug-likeness (QED) is 0.329. The topological polar surface area (TPSA) is 142 Å². The lowest BCUT2D eigenvalue weighted by Crippen LogP contribution is -2.55. The zero-order chi connectivity index (χ0) is 13.6. The van der Waals surface area contributed by atoms with E-state index >= 15 is 0 Å². The highest BCUT2D eigenvalue weighted by Crippen LogP contribution is 2.01. The van der Waals surface area contributed by atoms with E-state index in [1.165, 1.54) is 0 Å². The van der Waals surface area contributed by atoms with E-state index in [0.29, 0.717) is 0 Å². The third-order valence-electron chi connectivity index (χ3n) is 2.05. The minimum atomic E-state index is -1.29. The molecule has 0 saturated carbocycles. The maximum absolute atomic E-state index is 10.8. The van der Waals surface area contributed by atoms with Crippen LogP contribution in [0.15, 0.2) is 0 Å². The lowest BCUT2D eigenvalue weighted by molar-refractivity contribution is -0.144. The normalized spacial score (nSPS) is 14.3. The number of nitrogens with two attached hydrogens (primary N) is 1. The summed E-state index contributed by atoms with van der Waals surface area (Å²) < 4.78 is 0. The second-order valence-corrected chi connectivity index (χ2v) is 3.91. The van der Waals surface area contributed by atoms with Gasteiger partial charge in [-0.1, -0.05) is 13.8 Å². The Morgan fingerprint density at radius 3 is 1.94 bits per heavy atom. The Kier molecular flexibility index (Phi) is 6.15. The SMILES string of the molecule is CC(C)[C@H](NN[C@@H](CC(N)=O)C(=O)O)C(=O)O. The summed E-state index contributed by atoms with van der Waals surface area (Å²) in [6.45, 7) is 3.33. The lowest BCUT2D eigenvalue weighted by atomic mass is 10.1. The minimum absolute atomic E-state index is 0.247. The zero-order valence-electron chi connectivity index (χ0n) is 9.64. The van der Waals surface area contributed by atoms with Crippen molar-refractivity contribution < 1.29 is 24.6 Å². The number of amides is 1. The zero-order valence-corrected chi connectivity index (χ0v) is 9.64. The molecule has 0 aliphatic rings. The van der Waals surface area contributed by atoms with Gasteiger partial charge in [-0.05, 0) is 5.92 Å². The van der Waals surface area contributed by atoms with Crippen LogP contribution in [-0.4, -0.2) is 40.1 Å². The van der Waals surface area contributed by atoms with Crippen LogP contribution in [0.1, 0.15) is 20.3 Å². The fraction of sp³-hybridized carbons (Fsp3) is 0.667. The first kappa shape index (κ1) is 15.3. The molecule has 8 heteroatoms. The Morgan fingerprint density at radius 1 is 1.12 bits per heavy atom. The minimum Gasteiger partial charge on any atom is -0.480 e. The average Bonchev–Trinajstić information content (AvgIpc) is 2.14. The fourth-order valence-electron chi connectivity index (χ4n) is 1.11. The van der Waals surface area contributed by atoms with E-state index in [4.69, 9.17) is 15.9 Å². The van der Waals surface area contributed by atoms with Crippen molar-refractivity contribution in [1.29, 1.82) is 0 Å². The van der Waals surface area contributed by atoms with Crippen LogP contribution in [0.4, 0.5) is 0 Å². The Labute approximate surface area is 98.1 Å². The van der Waals surface area contributed by atoms with Gasteiger partial charge in [0, 0.05) is 0 Å². The monoisotopic (exact) mass is 247 g/mol. The number of hydrazine groups is 1. The van der Waals surface area contributed by atoms with Crippen LogP contribution in [-0.2, 0) is 14.4 Å². The molecule has 0 rings (SSSR count). The van der Waals surface area contributed by atoms with Crippen molar-refractivity contribution in [3.8, 4) is 0 Å². The first-order valence-electron chi connectivity index (χ1n) is 5.00. The molecule has 0 saturated heterocycles. The van der Waals surface area contributed by atoms with E-state index in [9.17, 15) is 14.4 Å². The molecule has 0 heterocycles. The summed E-state index contributed by atoms with van der Waals surface area (Å²) in [5, 5.41) is 17.6. The highest BCUT2D eigenvalue weighted by molar-refractivity contribution is 5.83. The van der Waals surface area contributed by atoms with Gasteiger partial charge < -0.3 is 15.9 Å². The Balaban J connectivity index is 4.42. The summed E-state index contributed by atoms with van der Waals surface area (Å²) in [6.07, 6.45) is -0.424. The Morgan fingerprint density at radius 2 is 1.65 bits per heavy atom. The molecule has 0 aliphatic carbocycles. The van der Waals surface area contributed by atoms with Crippen molar-refractivity contribution in [3.05, 3.63) is 0 Å². The third kappa shape index (κ3) is 5.83. The third-order valence-corrected chi connectivity index (χ3v) is 2.05. The summed E-state index contributed by atoms with van der Waals surface area (Å²) in [5.41, 5.74) is 9.52. The maximum Gasteiger partial charge on any atom is 0.322 e. The maximum atomic E-state index is 10.8. The number of primary amides is 1. The molecule has 0 radical (unpaired) electrons. The lowest BCUT2D eigenvalue weighted by Gasteiger charge is -2.21. The number of hydrogen-bond acceptors (Lipinski definition) is 5. The van der Waals surface area contributed by atoms with E-state index in [0.717, 1.165) is 0 Å². The second-order valence-electron chi connectivity index (χ2n) is 3.91. The fourth-order valence-corrected chi connectivity index (χ4v) is 1.11. The van der Waals surface area contributed by atoms with Gasteiger partial charge in [0.2, 0.25) is 5.91 Å². The van der Waals surface area contributed by atoms with Gasteiger partial charge in [0.25, 0.3) is 0 Å². The molecule has 0 aromatic carbocycles. The molecule has 0 aliphatic heterocycles. The van der Waals surface area contributed by atoms with Gasteiger partial charge in [-0.2, -0.15) is 0 Å². The van der Waals surface area contributed by atoms with Gasteiger partial charge in [-0.3, -0.25) is 14.4 Å². The van der Waals surface area contributed by atoms with E-state index < -0.39 is 36.4 Å². The molecule has 2 atom stereocenters. The number of carboxylic acids is 2. The van der Waals surface area contributed by atoms with Crippen LogP contribution in [0.5, 0.6) is 0 Å². The molecule has 8 nitrogen and oxygen atoms in total. The molecule has 0 spiro atoms. The molecule has 6 N–H and O–H groups in total. The van der Waals surface area contributed by atoms with Crippen molar-refractivity contribution in [2.75, 3.05) is 0 Å². The van der Waals surface area contributed by atoms with Gasteiger partial charge in [-0.25, -0.2) is 10.9 Å². The van der Waals surface area contributed by atoms with Crippen LogP contribution in [0.2, 0.25) is 0 Å². The smallest absolute Gasteiger partial charge is 0.322 e. The number of carbonyl (C=O) groups excluding carboxylic acids is 1. The van der Waals surface area contributed by atoms with Crippen molar-refractivity contribution in [2.45, 2.75) is 32.4 Å². The number of aliphatic carboxylic acids is 2. The molecule has 0 unspecified atom stereocenters. The molecular weight excluding hydrogens is 230 g/mol. The highest BCUT2D eigenvalue weighted by Gasteiger charge is 2.25. The molecule has 1 amide bonds. The summed E-state index contributed by atoms with van der Waals surface area (Å²) in [5.74, 6) is -3.44. The first-order valence-corrected chi connectivity index (χ1v) is 5.00. The molecule has 0 fully saturated rings. The number of nitrogens with one attached hydrogen (secondary N) is 2. The van der Waals surface area contributed by atoms with E-state index in [-0.39, 0.29) is 5.92 Å². The number of carboxylic acid groups (broad SMARTS) is 2. The molecule has 17 heavy (non-hydrogen) atoms. The molecule has 0 bridgehead atoms. The number of hydrogen-bond donors (Lipinski definition) is 5. The van der Waals surface area contributed by atoms with Gasteiger partial charge in [0.05, 0.1) is 6.42 Å². The average molecular weight is 247 g/mol. The summed E-state index contributed by atoms with van der Waals surface area (Å²) in [6, 6.07) is -2.21. The van der Waals surface area contributed by atoms with Crippen LogP contribution in [0.25, 0.3) is 0 Å². The molecule has 98 valence electrons. The summed E-state index contributed by atoms with van der Waals surface area (Å²) in [4.78, 5) is 32.1. The van der Waals surface area contributed by atoms with Crippen molar-refractivity contribution >= 4 is 17.8 Å². The number of carbonyl (C=O) groups is 3. The predicted molar refractivity (Wildman–Crippen MR) is 57.8 cm³/mol. The van der Waals surface area contributed by atoms with Crippen LogP contribution in [0, 0.1) is 5.92 Å². The van der Waals surface area contributed by atoms with Gasteiger partial charge >= 0.3 is 11.9 Å². The van der Waals surface area contributed by atoms with Crippen LogP contribution >= 0.6 is 0 Å². The Hall–Kier alpha value is -1.67. The predicted octanol–water partition coefficient (Wildman–Crippen LogP) is -1.48. The second kappa shape index (κ2) is 6.81. The van der Waals surface area contributed by atoms with Gasteiger partial charge in [0.1, 0.15) is 12.1 Å². The van der Waals surface area contributed by atoms with E-state index in [2.05, 4.69) is 10.9 Å². The highest BCUT2D eigenvalue weighted by atomic mass is 16.4. The summed E-state index contributed by atoms with van der Waals surface area (Å²) in [7, 11) is 0. The van der Waals surface area contributed by atoms with Crippen molar-refractivity contribution in [1.82, 2.24) is 10.9 Å². The first-order chi connectivity index (χ1) is 7.75. The summed E-state index contributed by atoms with van der Waals surface area (Å²) >= 11 is 0. The Bertz CT molecular complexity index is 305. The molecule has 0 aromatic rings. The number of rotatable bonds is 8. The molecule has 0 aromatic heterocycles. The van der Waals surface area contributed by atoms with Crippen molar-refractivity contribution in [2.24, 2.45) is 11.7 Å². The van der Waals surface area contributed by atoms with Crippen LogP contribution < -0.4 is 16.6 Å². The van der Waals surface area contributed by atoms with Gasteiger partial charge in [-0.15, -0.1) is 0 Å². The standard InChI is InChI=1S/C9H17N3O5/c1-4(2)7(9(16)17)12-11-5(8(14)15)3-6(10)13/h4-5,7,11-12H,3H2,1-2H3,(H2,10,13)(H,14,15)(H,16,17)/t5-,7-/m0/s1. The van der Waals surface area contributed by atoms with Crippen molar-refractivity contribution in [3.63, 3.8) is 0 Å². The van der Waals surface area contributed by atoms with E-state index in [1.54, 1.807) is 13.8 Å². The van der Waals surface area contributed by atoms with Gasteiger partial charge in [0.15, 0.2) is 0 Å².